The molecular weight excluding hydrogens is 316 g/mol. The molecule has 1 saturated heterocycles. The van der Waals surface area contributed by atoms with Crippen LogP contribution in [-0.2, 0) is 14.8 Å². The first kappa shape index (κ1) is 16.4. The average Bonchev–Trinajstić information content (AvgIpc) is 2.89. The van der Waals surface area contributed by atoms with Crippen LogP contribution in [0.15, 0.2) is 16.3 Å². The van der Waals surface area contributed by atoms with Crippen molar-refractivity contribution in [3.63, 3.8) is 0 Å². The predicted molar refractivity (Wildman–Crippen MR) is 78.3 cm³/mol. The fourth-order valence-corrected chi connectivity index (χ4v) is 4.51. The number of carbonyl (C=O) groups is 1. The lowest BCUT2D eigenvalue weighted by Crippen LogP contribution is -2.45. The zero-order valence-corrected chi connectivity index (χ0v) is 13.2. The van der Waals surface area contributed by atoms with Crippen LogP contribution in [0, 0.1) is 0 Å². The maximum absolute atomic E-state index is 12.2. The highest BCUT2D eigenvalue weighted by Gasteiger charge is 2.22. The molecule has 1 aliphatic rings. The molecule has 0 radical (unpaired) electrons. The number of hydrogen-bond acceptors (Lipinski definition) is 6. The molecule has 1 aliphatic heterocycles. The van der Waals surface area contributed by atoms with Gasteiger partial charge in [0.05, 0.1) is 13.2 Å². The summed E-state index contributed by atoms with van der Waals surface area (Å²) in [4.78, 5) is 12.9. The molecule has 9 heteroatoms. The third kappa shape index (κ3) is 4.48. The van der Waals surface area contributed by atoms with Crippen molar-refractivity contribution in [2.45, 2.75) is 17.2 Å². The van der Waals surface area contributed by atoms with Gasteiger partial charge in [-0.05, 0) is 19.1 Å². The third-order valence-electron chi connectivity index (χ3n) is 3.05. The molecule has 1 aromatic heterocycles. The van der Waals surface area contributed by atoms with Gasteiger partial charge in [0.25, 0.3) is 0 Å². The topological polar surface area (TPSA) is 95.9 Å². The van der Waals surface area contributed by atoms with Crippen LogP contribution in [0.5, 0.6) is 0 Å². The third-order valence-corrected chi connectivity index (χ3v) is 6.20. The lowest BCUT2D eigenvalue weighted by Gasteiger charge is -2.29. The summed E-state index contributed by atoms with van der Waals surface area (Å²) in [6, 6.07) is 2.36. The predicted octanol–water partition coefficient (Wildman–Crippen LogP) is 0.445. The fourth-order valence-electron chi connectivity index (χ4n) is 2.11. The second-order valence-corrected chi connectivity index (χ2v) is 7.88. The lowest BCUT2D eigenvalue weighted by molar-refractivity contribution is 0.0354. The molecule has 2 N–H and O–H groups in total. The minimum atomic E-state index is -3.68. The molecular formula is C12H18N2O5S2. The van der Waals surface area contributed by atoms with Crippen molar-refractivity contribution in [1.29, 1.82) is 0 Å². The van der Waals surface area contributed by atoms with Crippen molar-refractivity contribution in [3.8, 4) is 0 Å². The summed E-state index contributed by atoms with van der Waals surface area (Å²) in [6.45, 7) is 5.28. The van der Waals surface area contributed by atoms with Crippen LogP contribution >= 0.6 is 11.3 Å². The Morgan fingerprint density at radius 1 is 1.48 bits per heavy atom. The van der Waals surface area contributed by atoms with Gasteiger partial charge >= 0.3 is 5.97 Å². The molecule has 1 fully saturated rings. The number of sulfonamides is 1. The maximum atomic E-state index is 12.2. The lowest BCUT2D eigenvalue weighted by atomic mass is 10.3. The number of ether oxygens (including phenoxy) is 1. The number of nitrogens with one attached hydrogen (secondary N) is 1. The zero-order valence-electron chi connectivity index (χ0n) is 11.6. The van der Waals surface area contributed by atoms with E-state index in [1.54, 1.807) is 6.92 Å². The molecule has 7 nitrogen and oxygen atoms in total. The van der Waals surface area contributed by atoms with Crippen LogP contribution in [0.25, 0.3) is 0 Å². The number of rotatable bonds is 6. The molecule has 0 aliphatic carbocycles. The summed E-state index contributed by atoms with van der Waals surface area (Å²) in [7, 11) is -3.68. The molecule has 0 spiro atoms. The Labute approximate surface area is 127 Å². The van der Waals surface area contributed by atoms with Crippen molar-refractivity contribution >= 4 is 27.3 Å². The molecule has 1 aromatic rings. The van der Waals surface area contributed by atoms with Gasteiger partial charge < -0.3 is 9.84 Å². The quantitative estimate of drug-likeness (QED) is 0.784. The van der Waals surface area contributed by atoms with Gasteiger partial charge in [0, 0.05) is 25.7 Å². The Kier molecular flexibility index (Phi) is 5.33. The Morgan fingerprint density at radius 2 is 2.14 bits per heavy atom. The number of morpholine rings is 1. The number of nitrogens with zero attached hydrogens (tertiary/aromatic N) is 1. The average molecular weight is 334 g/mol. The maximum Gasteiger partial charge on any atom is 0.345 e. The van der Waals surface area contributed by atoms with Crippen molar-refractivity contribution in [3.05, 3.63) is 17.0 Å². The first-order valence-electron chi connectivity index (χ1n) is 6.54. The molecule has 0 saturated carbocycles. The van der Waals surface area contributed by atoms with Gasteiger partial charge in [0.1, 0.15) is 9.09 Å². The highest BCUT2D eigenvalue weighted by Crippen LogP contribution is 2.21. The Balaban J connectivity index is 1.97. The molecule has 0 aromatic carbocycles. The molecule has 1 atom stereocenters. The number of thiophene rings is 1. The van der Waals surface area contributed by atoms with Gasteiger partial charge in [-0.1, -0.05) is 0 Å². The van der Waals surface area contributed by atoms with E-state index < -0.39 is 16.0 Å². The number of carboxylic acid groups (broad SMARTS) is 1. The van der Waals surface area contributed by atoms with Crippen LogP contribution in [0.3, 0.4) is 0 Å². The van der Waals surface area contributed by atoms with Gasteiger partial charge in [-0.2, -0.15) is 0 Å². The van der Waals surface area contributed by atoms with Crippen molar-refractivity contribution in [1.82, 2.24) is 9.62 Å². The van der Waals surface area contributed by atoms with E-state index in [0.29, 0.717) is 19.8 Å². The highest BCUT2D eigenvalue weighted by atomic mass is 32.2. The van der Waals surface area contributed by atoms with Crippen LogP contribution in [0.4, 0.5) is 0 Å². The summed E-state index contributed by atoms with van der Waals surface area (Å²) in [5.74, 6) is -1.12. The van der Waals surface area contributed by atoms with Crippen molar-refractivity contribution in [2.75, 3.05) is 32.8 Å². The molecule has 118 valence electrons. The van der Waals surface area contributed by atoms with Gasteiger partial charge in [-0.3, -0.25) is 4.90 Å². The molecule has 2 rings (SSSR count). The standard InChI is InChI=1S/C12H18N2O5S2/c1-9(8-14-4-6-19-7-5-14)13-21(17,18)11-3-2-10(20-11)12(15)16/h2-3,9,13H,4-8H2,1H3,(H,15,16). The van der Waals surface area contributed by atoms with E-state index in [0.717, 1.165) is 24.4 Å². The van der Waals surface area contributed by atoms with Crippen LogP contribution < -0.4 is 4.72 Å². The SMILES string of the molecule is CC(CN1CCOCC1)NS(=O)(=O)c1ccc(C(=O)O)s1. The van der Waals surface area contributed by atoms with Crippen LogP contribution in [0.1, 0.15) is 16.6 Å². The van der Waals surface area contributed by atoms with Crippen molar-refractivity contribution in [2.24, 2.45) is 0 Å². The molecule has 0 bridgehead atoms. The van der Waals surface area contributed by atoms with E-state index in [2.05, 4.69) is 9.62 Å². The molecule has 0 amide bonds. The Bertz CT molecular complexity index is 593. The highest BCUT2D eigenvalue weighted by molar-refractivity contribution is 7.91. The smallest absolute Gasteiger partial charge is 0.345 e. The van der Waals surface area contributed by atoms with Crippen LogP contribution in [-0.4, -0.2) is 63.3 Å². The first-order valence-corrected chi connectivity index (χ1v) is 8.84. The second kappa shape index (κ2) is 6.84. The summed E-state index contributed by atoms with van der Waals surface area (Å²) >= 11 is 0.752. The minimum Gasteiger partial charge on any atom is -0.477 e. The van der Waals surface area contributed by atoms with E-state index in [-0.39, 0.29) is 15.1 Å². The number of carboxylic acids is 1. The summed E-state index contributed by atoms with van der Waals surface area (Å²) in [5, 5.41) is 8.84. The van der Waals surface area contributed by atoms with Crippen LogP contribution in [0.2, 0.25) is 0 Å². The molecule has 21 heavy (non-hydrogen) atoms. The fraction of sp³-hybridized carbons (Fsp3) is 0.583. The van der Waals surface area contributed by atoms with Crippen molar-refractivity contribution < 1.29 is 23.1 Å². The number of aromatic carboxylic acids is 1. The molecule has 1 unspecified atom stereocenters. The Hall–Kier alpha value is -1.00. The van der Waals surface area contributed by atoms with Gasteiger partial charge in [-0.15, -0.1) is 11.3 Å². The monoisotopic (exact) mass is 334 g/mol. The largest absolute Gasteiger partial charge is 0.477 e. The normalized spacial score (nSPS) is 18.5. The second-order valence-electron chi connectivity index (χ2n) is 4.86. The summed E-state index contributed by atoms with van der Waals surface area (Å²) < 4.78 is 32.2. The van der Waals surface area contributed by atoms with E-state index in [1.807, 2.05) is 0 Å². The van der Waals surface area contributed by atoms with Gasteiger partial charge in [-0.25, -0.2) is 17.9 Å². The van der Waals surface area contributed by atoms with E-state index in [1.165, 1.54) is 12.1 Å². The van der Waals surface area contributed by atoms with E-state index >= 15 is 0 Å². The minimum absolute atomic E-state index is 0.0104. The number of hydrogen-bond donors (Lipinski definition) is 2. The molecule has 2 heterocycles. The summed E-state index contributed by atoms with van der Waals surface area (Å²) in [5.41, 5.74) is 0. The first-order chi connectivity index (χ1) is 9.88. The van der Waals surface area contributed by atoms with Gasteiger partial charge in [0.2, 0.25) is 10.0 Å². The Morgan fingerprint density at radius 3 is 2.71 bits per heavy atom. The van der Waals surface area contributed by atoms with Gasteiger partial charge in [0.15, 0.2) is 0 Å². The zero-order chi connectivity index (χ0) is 15.5. The van der Waals surface area contributed by atoms with E-state index in [9.17, 15) is 13.2 Å². The summed E-state index contributed by atoms with van der Waals surface area (Å²) in [6.07, 6.45) is 0. The van der Waals surface area contributed by atoms with E-state index in [4.69, 9.17) is 9.84 Å².